The van der Waals surface area contributed by atoms with Crippen molar-refractivity contribution in [3.8, 4) is 0 Å². The van der Waals surface area contributed by atoms with Crippen LogP contribution in [0.5, 0.6) is 0 Å². The van der Waals surface area contributed by atoms with E-state index in [4.69, 9.17) is 11.5 Å². The predicted molar refractivity (Wildman–Crippen MR) is 119 cm³/mol. The Hall–Kier alpha value is -2.93. The van der Waals surface area contributed by atoms with E-state index in [1.807, 2.05) is 0 Å². The van der Waals surface area contributed by atoms with Gasteiger partial charge in [-0.15, -0.1) is 0 Å². The first-order chi connectivity index (χ1) is 15.6. The average Bonchev–Trinajstić information content (AvgIpc) is 3.45. The van der Waals surface area contributed by atoms with Crippen molar-refractivity contribution in [2.75, 3.05) is 19.6 Å². The van der Waals surface area contributed by atoms with Crippen LogP contribution >= 0.6 is 0 Å². The number of hydrogen-bond acceptors (Lipinski definition) is 7. The third-order valence-corrected chi connectivity index (χ3v) is 5.82. The van der Waals surface area contributed by atoms with Crippen molar-refractivity contribution < 1.29 is 29.4 Å². The molecule has 186 valence electrons. The summed E-state index contributed by atoms with van der Waals surface area (Å²) in [6, 6.07) is -3.68. The van der Waals surface area contributed by atoms with Gasteiger partial charge in [0.05, 0.1) is 12.1 Å². The molecule has 13 heteroatoms. The third-order valence-electron chi connectivity index (χ3n) is 5.82. The van der Waals surface area contributed by atoms with Crippen LogP contribution in [0.1, 0.15) is 45.4 Å². The van der Waals surface area contributed by atoms with E-state index < -0.39 is 48.1 Å². The minimum atomic E-state index is -1.21. The molecule has 2 rings (SSSR count). The summed E-state index contributed by atoms with van der Waals surface area (Å²) in [6.45, 7) is 2.59. The number of carboxylic acid groups (broad SMARTS) is 1. The molecule has 2 aliphatic heterocycles. The Morgan fingerprint density at radius 1 is 1.15 bits per heavy atom. The molecule has 3 amide bonds. The van der Waals surface area contributed by atoms with Gasteiger partial charge in [0.1, 0.15) is 18.1 Å². The number of aliphatic carboxylic acids is 1. The summed E-state index contributed by atoms with van der Waals surface area (Å²) in [5.74, 6) is -2.85. The van der Waals surface area contributed by atoms with Gasteiger partial charge in [-0.05, 0) is 52.0 Å². The van der Waals surface area contributed by atoms with Gasteiger partial charge in [-0.3, -0.25) is 19.4 Å². The Labute approximate surface area is 192 Å². The third kappa shape index (κ3) is 7.56. The lowest BCUT2D eigenvalue weighted by Crippen LogP contribution is -2.59. The number of carbonyl (C=O) groups is 4. The highest BCUT2D eigenvalue weighted by atomic mass is 16.4. The zero-order valence-corrected chi connectivity index (χ0v) is 18.8. The van der Waals surface area contributed by atoms with Crippen molar-refractivity contribution in [1.29, 1.82) is 0 Å². The molecule has 0 aromatic carbocycles. The smallest absolute Gasteiger partial charge is 0.326 e. The lowest BCUT2D eigenvalue weighted by Gasteiger charge is -2.31. The van der Waals surface area contributed by atoms with Crippen LogP contribution in [0, 0.1) is 0 Å². The van der Waals surface area contributed by atoms with Gasteiger partial charge in [0.25, 0.3) is 0 Å². The SMILES string of the molecule is CC(O)C(NC(=O)C1CCCN1)C(=O)N1CCCC1C(=O)NC(CCCN=C(N)N)C(=O)O. The summed E-state index contributed by atoms with van der Waals surface area (Å²) in [4.78, 5) is 55.1. The Morgan fingerprint density at radius 2 is 1.88 bits per heavy atom. The highest BCUT2D eigenvalue weighted by Crippen LogP contribution is 2.20. The number of carbonyl (C=O) groups excluding carboxylic acids is 3. The van der Waals surface area contributed by atoms with Crippen LogP contribution < -0.4 is 27.4 Å². The number of nitrogens with two attached hydrogens (primary N) is 2. The van der Waals surface area contributed by atoms with Gasteiger partial charge in [0.15, 0.2) is 5.96 Å². The molecular weight excluding hydrogens is 434 g/mol. The Kier molecular flexibility index (Phi) is 9.85. The number of hydrogen-bond donors (Lipinski definition) is 7. The van der Waals surface area contributed by atoms with Crippen LogP contribution in [-0.2, 0) is 19.2 Å². The molecule has 2 aliphatic rings. The van der Waals surface area contributed by atoms with Gasteiger partial charge in [-0.2, -0.15) is 0 Å². The fraction of sp³-hybridized carbons (Fsp3) is 0.750. The molecule has 2 saturated heterocycles. The first-order valence-electron chi connectivity index (χ1n) is 11.2. The Morgan fingerprint density at radius 3 is 2.45 bits per heavy atom. The van der Waals surface area contributed by atoms with Gasteiger partial charge >= 0.3 is 5.97 Å². The van der Waals surface area contributed by atoms with Crippen LogP contribution in [0.3, 0.4) is 0 Å². The van der Waals surface area contributed by atoms with Crippen LogP contribution in [-0.4, -0.2) is 94.7 Å². The summed E-state index contributed by atoms with van der Waals surface area (Å²) >= 11 is 0. The number of likely N-dealkylation sites (tertiary alicyclic amines) is 1. The minimum Gasteiger partial charge on any atom is -0.480 e. The van der Waals surface area contributed by atoms with Gasteiger partial charge in [-0.25, -0.2) is 4.79 Å². The molecule has 5 atom stereocenters. The summed E-state index contributed by atoms with van der Waals surface area (Å²) in [5, 5.41) is 27.7. The number of aliphatic imine (C=N–C) groups is 1. The topological polar surface area (TPSA) is 212 Å². The van der Waals surface area contributed by atoms with E-state index in [0.29, 0.717) is 32.2 Å². The fourth-order valence-electron chi connectivity index (χ4n) is 4.06. The number of carboxylic acids is 1. The van der Waals surface area contributed by atoms with Gasteiger partial charge in [0.2, 0.25) is 17.7 Å². The molecule has 13 nitrogen and oxygen atoms in total. The summed E-state index contributed by atoms with van der Waals surface area (Å²) in [5.41, 5.74) is 10.5. The molecule has 5 unspecified atom stereocenters. The number of aliphatic hydroxyl groups excluding tert-OH is 1. The largest absolute Gasteiger partial charge is 0.480 e. The van der Waals surface area contributed by atoms with Crippen molar-refractivity contribution >= 4 is 29.7 Å². The maximum absolute atomic E-state index is 13.1. The van der Waals surface area contributed by atoms with Crippen molar-refractivity contribution in [2.45, 2.75) is 75.7 Å². The number of nitrogens with zero attached hydrogens (tertiary/aromatic N) is 2. The summed E-state index contributed by atoms with van der Waals surface area (Å²) < 4.78 is 0. The first kappa shape index (κ1) is 26.3. The quantitative estimate of drug-likeness (QED) is 0.0945. The molecule has 33 heavy (non-hydrogen) atoms. The Balaban J connectivity index is 2.01. The number of amides is 3. The van der Waals surface area contributed by atoms with Crippen molar-refractivity contribution in [2.24, 2.45) is 16.5 Å². The van der Waals surface area contributed by atoms with Crippen LogP contribution in [0.25, 0.3) is 0 Å². The number of rotatable bonds is 11. The van der Waals surface area contributed by atoms with E-state index in [1.165, 1.54) is 11.8 Å². The second-order valence-electron chi connectivity index (χ2n) is 8.41. The molecule has 2 fully saturated rings. The molecule has 0 bridgehead atoms. The maximum Gasteiger partial charge on any atom is 0.326 e. The molecule has 0 saturated carbocycles. The monoisotopic (exact) mass is 469 g/mol. The molecule has 0 radical (unpaired) electrons. The van der Waals surface area contributed by atoms with E-state index >= 15 is 0 Å². The zero-order valence-electron chi connectivity index (χ0n) is 18.8. The van der Waals surface area contributed by atoms with Crippen LogP contribution in [0.4, 0.5) is 0 Å². The molecule has 0 aromatic rings. The van der Waals surface area contributed by atoms with Crippen molar-refractivity contribution in [1.82, 2.24) is 20.9 Å². The highest BCUT2D eigenvalue weighted by Gasteiger charge is 2.40. The number of guanidine groups is 1. The van der Waals surface area contributed by atoms with E-state index in [2.05, 4.69) is 20.9 Å². The predicted octanol–water partition coefficient (Wildman–Crippen LogP) is -2.78. The van der Waals surface area contributed by atoms with E-state index in [1.54, 1.807) is 0 Å². The van der Waals surface area contributed by atoms with Gasteiger partial charge < -0.3 is 42.5 Å². The van der Waals surface area contributed by atoms with Crippen LogP contribution in [0.2, 0.25) is 0 Å². The lowest BCUT2D eigenvalue weighted by atomic mass is 10.1. The highest BCUT2D eigenvalue weighted by molar-refractivity contribution is 5.94. The molecular formula is C20H35N7O6. The molecule has 0 spiro atoms. The first-order valence-corrected chi connectivity index (χ1v) is 11.2. The summed E-state index contributed by atoms with van der Waals surface area (Å²) in [6.07, 6.45) is 1.65. The van der Waals surface area contributed by atoms with Crippen molar-refractivity contribution in [3.63, 3.8) is 0 Å². The van der Waals surface area contributed by atoms with E-state index in [-0.39, 0.29) is 31.4 Å². The zero-order chi connectivity index (χ0) is 24.5. The van der Waals surface area contributed by atoms with Gasteiger partial charge in [-0.1, -0.05) is 0 Å². The average molecular weight is 470 g/mol. The maximum atomic E-state index is 13.1. The standard InChI is InChI=1S/C20H35N7O6/c1-11(28)15(26-16(29)12-5-2-8-23-12)18(31)27-10-4-7-14(27)17(30)25-13(19(32)33)6-3-9-24-20(21)22/h11-15,23,28H,2-10H2,1H3,(H,25,30)(H,26,29)(H,32,33)(H4,21,22,24). The number of aliphatic hydroxyl groups is 1. The van der Waals surface area contributed by atoms with E-state index in [9.17, 15) is 29.4 Å². The second kappa shape index (κ2) is 12.3. The number of nitrogens with one attached hydrogen (secondary N) is 3. The molecule has 9 N–H and O–H groups in total. The lowest BCUT2D eigenvalue weighted by molar-refractivity contribution is -0.146. The normalized spacial score (nSPS) is 22.8. The fourth-order valence-corrected chi connectivity index (χ4v) is 4.06. The summed E-state index contributed by atoms with van der Waals surface area (Å²) in [7, 11) is 0. The molecule has 0 aromatic heterocycles. The Bertz CT molecular complexity index is 749. The van der Waals surface area contributed by atoms with Crippen LogP contribution in [0.15, 0.2) is 4.99 Å². The molecule has 0 aliphatic carbocycles. The minimum absolute atomic E-state index is 0.102. The molecule has 2 heterocycles. The van der Waals surface area contributed by atoms with Gasteiger partial charge in [0, 0.05) is 13.1 Å². The van der Waals surface area contributed by atoms with Crippen molar-refractivity contribution in [3.05, 3.63) is 0 Å². The second-order valence-corrected chi connectivity index (χ2v) is 8.41. The van der Waals surface area contributed by atoms with E-state index in [0.717, 1.165) is 6.42 Å².